The van der Waals surface area contributed by atoms with Crippen LogP contribution < -0.4 is 4.90 Å². The van der Waals surface area contributed by atoms with E-state index in [9.17, 15) is 0 Å². The number of aryl methyl sites for hydroxylation is 1. The van der Waals surface area contributed by atoms with Crippen LogP contribution in [0.5, 0.6) is 0 Å². The van der Waals surface area contributed by atoms with Gasteiger partial charge in [0.05, 0.1) is 11.6 Å². The first-order valence-corrected chi connectivity index (χ1v) is 6.74. The zero-order valence-electron chi connectivity index (χ0n) is 10.6. The molecule has 0 aromatic carbocycles. The fourth-order valence-corrected chi connectivity index (χ4v) is 3.21. The average Bonchev–Trinajstić information content (AvgIpc) is 3.00. The summed E-state index contributed by atoms with van der Waals surface area (Å²) in [6.07, 6.45) is 8.95. The lowest BCUT2D eigenvalue weighted by Gasteiger charge is -2.25. The smallest absolute Gasteiger partial charge is 0.163 e. The fourth-order valence-electron chi connectivity index (χ4n) is 3.21. The standard InChI is InChI=1S/C13H17N5/c1-17-12-10(7-16-17)13(15-8-14-12)18-6-2-3-11(18)9-4-5-9/h7-9,11H,2-6H2,1H3. The van der Waals surface area contributed by atoms with Gasteiger partial charge in [0.25, 0.3) is 0 Å². The van der Waals surface area contributed by atoms with Crippen molar-refractivity contribution in [3.63, 3.8) is 0 Å². The van der Waals surface area contributed by atoms with E-state index in [0.29, 0.717) is 6.04 Å². The van der Waals surface area contributed by atoms with E-state index in [4.69, 9.17) is 0 Å². The van der Waals surface area contributed by atoms with Crippen molar-refractivity contribution in [1.29, 1.82) is 0 Å². The van der Waals surface area contributed by atoms with E-state index in [1.54, 1.807) is 6.33 Å². The van der Waals surface area contributed by atoms with Crippen LogP contribution in [0.2, 0.25) is 0 Å². The normalized spacial score (nSPS) is 24.1. The lowest BCUT2D eigenvalue weighted by molar-refractivity contribution is 0.589. The maximum absolute atomic E-state index is 4.52. The lowest BCUT2D eigenvalue weighted by atomic mass is 10.1. The first-order valence-electron chi connectivity index (χ1n) is 6.74. The Morgan fingerprint density at radius 2 is 2.11 bits per heavy atom. The Hall–Kier alpha value is -1.65. The molecule has 2 fully saturated rings. The molecule has 1 aliphatic carbocycles. The molecule has 0 amide bonds. The first-order chi connectivity index (χ1) is 8.84. The molecule has 1 saturated heterocycles. The first kappa shape index (κ1) is 10.3. The molecule has 1 atom stereocenters. The summed E-state index contributed by atoms with van der Waals surface area (Å²) in [5.41, 5.74) is 0.932. The van der Waals surface area contributed by atoms with Crippen LogP contribution in [0.25, 0.3) is 11.0 Å². The van der Waals surface area contributed by atoms with E-state index < -0.39 is 0 Å². The highest BCUT2D eigenvalue weighted by molar-refractivity contribution is 5.86. The molecular formula is C13H17N5. The van der Waals surface area contributed by atoms with Gasteiger partial charge in [-0.3, -0.25) is 4.68 Å². The van der Waals surface area contributed by atoms with Gasteiger partial charge in [0.2, 0.25) is 0 Å². The van der Waals surface area contributed by atoms with Crippen LogP contribution in [0.4, 0.5) is 5.82 Å². The van der Waals surface area contributed by atoms with Gasteiger partial charge in [-0.25, -0.2) is 9.97 Å². The number of hydrogen-bond acceptors (Lipinski definition) is 4. The largest absolute Gasteiger partial charge is 0.353 e. The molecule has 1 saturated carbocycles. The highest BCUT2D eigenvalue weighted by atomic mass is 15.3. The van der Waals surface area contributed by atoms with Crippen LogP contribution in [0.15, 0.2) is 12.5 Å². The molecule has 0 spiro atoms. The Kier molecular flexibility index (Phi) is 2.10. The zero-order valence-corrected chi connectivity index (χ0v) is 10.6. The van der Waals surface area contributed by atoms with E-state index >= 15 is 0 Å². The van der Waals surface area contributed by atoms with Gasteiger partial charge < -0.3 is 4.90 Å². The molecule has 5 heteroatoms. The minimum Gasteiger partial charge on any atom is -0.353 e. The second-order valence-corrected chi connectivity index (χ2v) is 5.44. The SMILES string of the molecule is Cn1ncc2c(N3CCCC3C3CC3)ncnc21. The topological polar surface area (TPSA) is 46.8 Å². The van der Waals surface area contributed by atoms with Gasteiger partial charge in [0.15, 0.2) is 5.65 Å². The molecule has 4 rings (SSSR count). The average molecular weight is 243 g/mol. The van der Waals surface area contributed by atoms with Crippen molar-refractivity contribution < 1.29 is 0 Å². The summed E-state index contributed by atoms with van der Waals surface area (Å²) in [6, 6.07) is 0.698. The van der Waals surface area contributed by atoms with Gasteiger partial charge in [0.1, 0.15) is 12.1 Å². The van der Waals surface area contributed by atoms with Crippen molar-refractivity contribution in [3.8, 4) is 0 Å². The van der Waals surface area contributed by atoms with E-state index in [1.807, 2.05) is 17.9 Å². The maximum atomic E-state index is 4.52. The Morgan fingerprint density at radius 1 is 1.22 bits per heavy atom. The summed E-state index contributed by atoms with van der Waals surface area (Å²) in [4.78, 5) is 11.3. The van der Waals surface area contributed by atoms with Crippen molar-refractivity contribution >= 4 is 16.9 Å². The van der Waals surface area contributed by atoms with Crippen molar-refractivity contribution in [1.82, 2.24) is 19.7 Å². The molecule has 1 unspecified atom stereocenters. The molecule has 3 heterocycles. The highest BCUT2D eigenvalue weighted by Gasteiger charge is 2.39. The maximum Gasteiger partial charge on any atom is 0.163 e. The molecule has 1 aliphatic heterocycles. The zero-order chi connectivity index (χ0) is 12.1. The third-order valence-electron chi connectivity index (χ3n) is 4.25. The van der Waals surface area contributed by atoms with Crippen LogP contribution in [0.3, 0.4) is 0 Å². The number of hydrogen-bond donors (Lipinski definition) is 0. The number of fused-ring (bicyclic) bond motifs is 1. The summed E-state index contributed by atoms with van der Waals surface area (Å²) < 4.78 is 1.82. The summed E-state index contributed by atoms with van der Waals surface area (Å²) in [7, 11) is 1.93. The Balaban J connectivity index is 1.81. The van der Waals surface area contributed by atoms with Gasteiger partial charge in [0, 0.05) is 19.6 Å². The monoisotopic (exact) mass is 243 g/mol. The molecule has 0 N–H and O–H groups in total. The van der Waals surface area contributed by atoms with Crippen LogP contribution >= 0.6 is 0 Å². The van der Waals surface area contributed by atoms with Gasteiger partial charge >= 0.3 is 0 Å². The lowest BCUT2D eigenvalue weighted by Crippen LogP contribution is -2.31. The third-order valence-corrected chi connectivity index (χ3v) is 4.25. The van der Waals surface area contributed by atoms with E-state index in [0.717, 1.165) is 29.3 Å². The van der Waals surface area contributed by atoms with Gasteiger partial charge in [-0.1, -0.05) is 0 Å². The summed E-state index contributed by atoms with van der Waals surface area (Å²) in [5.74, 6) is 1.98. The summed E-state index contributed by atoms with van der Waals surface area (Å²) >= 11 is 0. The Morgan fingerprint density at radius 3 is 2.94 bits per heavy atom. The minimum atomic E-state index is 0.698. The Labute approximate surface area is 106 Å². The van der Waals surface area contributed by atoms with Gasteiger partial charge in [-0.05, 0) is 31.6 Å². The number of aromatic nitrogens is 4. The number of nitrogens with zero attached hydrogens (tertiary/aromatic N) is 5. The van der Waals surface area contributed by atoms with E-state index in [2.05, 4.69) is 20.0 Å². The Bertz CT molecular complexity index is 586. The molecule has 0 radical (unpaired) electrons. The van der Waals surface area contributed by atoms with Crippen molar-refractivity contribution in [2.45, 2.75) is 31.7 Å². The van der Waals surface area contributed by atoms with E-state index in [1.165, 1.54) is 25.7 Å². The second-order valence-electron chi connectivity index (χ2n) is 5.44. The van der Waals surface area contributed by atoms with Crippen LogP contribution in [0.1, 0.15) is 25.7 Å². The molecule has 5 nitrogen and oxygen atoms in total. The van der Waals surface area contributed by atoms with Gasteiger partial charge in [-0.15, -0.1) is 0 Å². The quantitative estimate of drug-likeness (QED) is 0.806. The van der Waals surface area contributed by atoms with Crippen LogP contribution in [-0.2, 0) is 7.05 Å². The molecule has 2 aliphatic rings. The predicted octanol–water partition coefficient (Wildman–Crippen LogP) is 1.74. The number of rotatable bonds is 2. The summed E-state index contributed by atoms with van der Waals surface area (Å²) in [6.45, 7) is 1.13. The van der Waals surface area contributed by atoms with E-state index in [-0.39, 0.29) is 0 Å². The van der Waals surface area contributed by atoms with Crippen molar-refractivity contribution in [3.05, 3.63) is 12.5 Å². The molecule has 94 valence electrons. The molecule has 0 bridgehead atoms. The van der Waals surface area contributed by atoms with Crippen LogP contribution in [0, 0.1) is 5.92 Å². The molecular weight excluding hydrogens is 226 g/mol. The summed E-state index contributed by atoms with van der Waals surface area (Å²) in [5, 5.41) is 5.39. The van der Waals surface area contributed by atoms with Crippen molar-refractivity contribution in [2.24, 2.45) is 13.0 Å². The third kappa shape index (κ3) is 1.43. The second kappa shape index (κ2) is 3.67. The van der Waals surface area contributed by atoms with Crippen LogP contribution in [-0.4, -0.2) is 32.3 Å². The fraction of sp³-hybridized carbons (Fsp3) is 0.615. The van der Waals surface area contributed by atoms with Gasteiger partial charge in [-0.2, -0.15) is 5.10 Å². The predicted molar refractivity (Wildman–Crippen MR) is 69.4 cm³/mol. The number of anilines is 1. The molecule has 18 heavy (non-hydrogen) atoms. The van der Waals surface area contributed by atoms with Crippen molar-refractivity contribution in [2.75, 3.05) is 11.4 Å². The highest BCUT2D eigenvalue weighted by Crippen LogP contribution is 2.42. The minimum absolute atomic E-state index is 0.698. The molecule has 2 aromatic rings. The molecule has 2 aromatic heterocycles.